The molecule has 0 aliphatic rings. The third-order valence-corrected chi connectivity index (χ3v) is 3.41. The van der Waals surface area contributed by atoms with Crippen LogP contribution in [0, 0.1) is 6.92 Å². The van der Waals surface area contributed by atoms with E-state index in [1.54, 1.807) is 23.1 Å². The van der Waals surface area contributed by atoms with Gasteiger partial charge in [0, 0.05) is 13.1 Å². The van der Waals surface area contributed by atoms with E-state index in [0.29, 0.717) is 24.0 Å². The first kappa shape index (κ1) is 15.7. The highest BCUT2D eigenvalue weighted by Gasteiger charge is 2.13. The highest BCUT2D eigenvalue weighted by atomic mass is 16.2. The fraction of sp³-hybridized carbons (Fsp3) is 0.235. The molecule has 0 aliphatic heterocycles. The smallest absolute Gasteiger partial charge is 0.261 e. The summed E-state index contributed by atoms with van der Waals surface area (Å²) in [7, 11) is 0. The largest absolute Gasteiger partial charge is 0.334 e. The van der Waals surface area contributed by atoms with Gasteiger partial charge in [0.05, 0.1) is 17.2 Å². The summed E-state index contributed by atoms with van der Waals surface area (Å²) in [5.74, 6) is -0.171. The summed E-state index contributed by atoms with van der Waals surface area (Å²) in [5, 5.41) is 0.522. The van der Waals surface area contributed by atoms with Crippen molar-refractivity contribution in [3.05, 3.63) is 65.8 Å². The first-order chi connectivity index (χ1) is 10.6. The Morgan fingerprint density at radius 3 is 2.64 bits per heavy atom. The molecule has 1 aromatic carbocycles. The molecule has 1 amide bonds. The van der Waals surface area contributed by atoms with E-state index in [4.69, 9.17) is 0 Å². The summed E-state index contributed by atoms with van der Waals surface area (Å²) in [6.45, 7) is 9.95. The van der Waals surface area contributed by atoms with Gasteiger partial charge in [0.2, 0.25) is 5.91 Å². The molecule has 0 spiro atoms. The van der Waals surface area contributed by atoms with Crippen LogP contribution in [0.25, 0.3) is 10.9 Å². The highest BCUT2D eigenvalue weighted by Crippen LogP contribution is 2.11. The summed E-state index contributed by atoms with van der Waals surface area (Å²) in [5.41, 5.74) is 1.40. The van der Waals surface area contributed by atoms with E-state index in [9.17, 15) is 9.59 Å². The van der Waals surface area contributed by atoms with E-state index in [0.717, 1.165) is 5.56 Å². The third-order valence-electron chi connectivity index (χ3n) is 3.41. The van der Waals surface area contributed by atoms with Gasteiger partial charge in [-0.15, -0.1) is 13.2 Å². The summed E-state index contributed by atoms with van der Waals surface area (Å²) in [4.78, 5) is 30.6. The molecular weight excluding hydrogens is 278 g/mol. The maximum absolute atomic E-state index is 12.5. The molecule has 0 unspecified atom stereocenters. The van der Waals surface area contributed by atoms with Crippen molar-refractivity contribution in [3.63, 3.8) is 0 Å². The number of para-hydroxylation sites is 1. The molecule has 2 rings (SSSR count). The molecule has 0 radical (unpaired) electrons. The van der Waals surface area contributed by atoms with Gasteiger partial charge in [-0.1, -0.05) is 24.3 Å². The molecule has 2 aromatic rings. The Hall–Kier alpha value is -2.69. The fourth-order valence-electron chi connectivity index (χ4n) is 2.29. The number of hydrogen-bond acceptors (Lipinski definition) is 3. The van der Waals surface area contributed by atoms with Gasteiger partial charge in [-0.2, -0.15) is 0 Å². The van der Waals surface area contributed by atoms with Crippen LogP contribution in [0.3, 0.4) is 0 Å². The molecule has 0 saturated carbocycles. The molecule has 1 aromatic heterocycles. The third kappa shape index (κ3) is 3.14. The van der Waals surface area contributed by atoms with Gasteiger partial charge in [0.1, 0.15) is 6.54 Å². The lowest BCUT2D eigenvalue weighted by atomic mass is 10.1. The second-order valence-corrected chi connectivity index (χ2v) is 5.02. The molecule has 0 saturated heterocycles. The maximum Gasteiger partial charge on any atom is 0.261 e. The van der Waals surface area contributed by atoms with Crippen molar-refractivity contribution in [3.8, 4) is 0 Å². The normalized spacial score (nSPS) is 10.4. The lowest BCUT2D eigenvalue weighted by molar-refractivity contribution is -0.130. The average Bonchev–Trinajstić information content (AvgIpc) is 2.50. The summed E-state index contributed by atoms with van der Waals surface area (Å²) >= 11 is 0. The predicted octanol–water partition coefficient (Wildman–Crippen LogP) is 1.91. The van der Waals surface area contributed by atoms with Crippen molar-refractivity contribution in [1.29, 1.82) is 0 Å². The second kappa shape index (κ2) is 6.85. The molecule has 0 fully saturated rings. The van der Waals surface area contributed by atoms with E-state index < -0.39 is 0 Å². The first-order valence-electron chi connectivity index (χ1n) is 7.02. The van der Waals surface area contributed by atoms with Gasteiger partial charge in [-0.25, -0.2) is 4.98 Å². The zero-order valence-electron chi connectivity index (χ0n) is 12.7. The van der Waals surface area contributed by atoms with Crippen molar-refractivity contribution in [1.82, 2.24) is 14.5 Å². The number of rotatable bonds is 6. The van der Waals surface area contributed by atoms with Crippen LogP contribution < -0.4 is 5.56 Å². The van der Waals surface area contributed by atoms with E-state index >= 15 is 0 Å². The van der Waals surface area contributed by atoms with Crippen molar-refractivity contribution in [2.24, 2.45) is 0 Å². The van der Waals surface area contributed by atoms with Crippen LogP contribution in [-0.2, 0) is 11.3 Å². The zero-order valence-corrected chi connectivity index (χ0v) is 12.7. The van der Waals surface area contributed by atoms with Gasteiger partial charge in [0.15, 0.2) is 0 Å². The molecule has 0 atom stereocenters. The topological polar surface area (TPSA) is 55.2 Å². The maximum atomic E-state index is 12.5. The summed E-state index contributed by atoms with van der Waals surface area (Å²) in [6.07, 6.45) is 4.72. The Balaban J connectivity index is 2.34. The van der Waals surface area contributed by atoms with Crippen LogP contribution in [0.5, 0.6) is 0 Å². The molecule has 0 N–H and O–H groups in total. The lowest BCUT2D eigenvalue weighted by Gasteiger charge is -2.19. The number of aromatic nitrogens is 2. The van der Waals surface area contributed by atoms with E-state index in [-0.39, 0.29) is 18.0 Å². The van der Waals surface area contributed by atoms with E-state index in [1.807, 2.05) is 19.1 Å². The Labute approximate surface area is 129 Å². The number of hydrogen-bond donors (Lipinski definition) is 0. The summed E-state index contributed by atoms with van der Waals surface area (Å²) in [6, 6.07) is 5.44. The van der Waals surface area contributed by atoms with Crippen LogP contribution in [0.4, 0.5) is 0 Å². The van der Waals surface area contributed by atoms with Gasteiger partial charge >= 0.3 is 0 Å². The predicted molar refractivity (Wildman–Crippen MR) is 87.7 cm³/mol. The number of aryl methyl sites for hydroxylation is 1. The molecular formula is C17H19N3O2. The van der Waals surface area contributed by atoms with Crippen molar-refractivity contribution >= 4 is 16.8 Å². The molecule has 22 heavy (non-hydrogen) atoms. The van der Waals surface area contributed by atoms with Crippen LogP contribution >= 0.6 is 0 Å². The van der Waals surface area contributed by atoms with Crippen LogP contribution in [0.2, 0.25) is 0 Å². The van der Waals surface area contributed by atoms with Crippen LogP contribution in [0.15, 0.2) is 54.6 Å². The lowest BCUT2D eigenvalue weighted by Crippen LogP contribution is -2.36. The highest BCUT2D eigenvalue weighted by molar-refractivity contribution is 5.81. The number of carbonyl (C=O) groups is 1. The molecule has 114 valence electrons. The summed E-state index contributed by atoms with van der Waals surface area (Å²) < 4.78 is 1.34. The quantitative estimate of drug-likeness (QED) is 0.765. The fourth-order valence-corrected chi connectivity index (χ4v) is 2.29. The standard InChI is InChI=1S/C17H19N3O2/c1-4-9-19(10-5-2)15(21)11-20-12-18-16-13(3)7-6-8-14(16)17(20)22/h4-8,12H,1-2,9-11H2,3H3. The van der Waals surface area contributed by atoms with Crippen LogP contribution in [-0.4, -0.2) is 33.4 Å². The molecule has 0 bridgehead atoms. The van der Waals surface area contributed by atoms with Crippen molar-refractivity contribution < 1.29 is 4.79 Å². The monoisotopic (exact) mass is 297 g/mol. The minimum absolute atomic E-state index is 0.0443. The van der Waals surface area contributed by atoms with Gasteiger partial charge in [-0.3, -0.25) is 14.2 Å². The van der Waals surface area contributed by atoms with Crippen LogP contribution in [0.1, 0.15) is 5.56 Å². The minimum Gasteiger partial charge on any atom is -0.334 e. The average molecular weight is 297 g/mol. The number of fused-ring (bicyclic) bond motifs is 1. The molecule has 1 heterocycles. The Kier molecular flexibility index (Phi) is 4.88. The van der Waals surface area contributed by atoms with Gasteiger partial charge in [-0.05, 0) is 18.6 Å². The Morgan fingerprint density at radius 1 is 1.32 bits per heavy atom. The van der Waals surface area contributed by atoms with Gasteiger partial charge < -0.3 is 4.90 Å². The van der Waals surface area contributed by atoms with Gasteiger partial charge in [0.25, 0.3) is 5.56 Å². The van der Waals surface area contributed by atoms with Crippen molar-refractivity contribution in [2.75, 3.05) is 13.1 Å². The SMILES string of the molecule is C=CCN(CC=C)C(=O)Cn1cnc2c(C)cccc2c1=O. The van der Waals surface area contributed by atoms with E-state index in [2.05, 4.69) is 18.1 Å². The Bertz CT molecular complexity index is 767. The molecule has 5 nitrogen and oxygen atoms in total. The second-order valence-electron chi connectivity index (χ2n) is 5.02. The number of nitrogens with zero attached hydrogens (tertiary/aromatic N) is 3. The molecule has 5 heteroatoms. The Morgan fingerprint density at radius 2 is 2.00 bits per heavy atom. The van der Waals surface area contributed by atoms with E-state index in [1.165, 1.54) is 10.9 Å². The number of amides is 1. The first-order valence-corrected chi connectivity index (χ1v) is 7.02. The zero-order chi connectivity index (χ0) is 16.1. The molecule has 0 aliphatic carbocycles. The van der Waals surface area contributed by atoms with Crippen molar-refractivity contribution in [2.45, 2.75) is 13.5 Å². The minimum atomic E-state index is -0.209. The number of carbonyl (C=O) groups excluding carboxylic acids is 1. The number of benzene rings is 1.